The smallest absolute Gasteiger partial charge is 0.322 e. The third kappa shape index (κ3) is 3.04. The Bertz CT molecular complexity index is 818. The summed E-state index contributed by atoms with van der Waals surface area (Å²) in [5, 5.41) is 2.68. The number of anilines is 1. The normalized spacial score (nSPS) is 18.1. The molecule has 1 atom stereocenters. The van der Waals surface area contributed by atoms with E-state index in [4.69, 9.17) is 15.2 Å². The van der Waals surface area contributed by atoms with Crippen molar-refractivity contribution in [2.45, 2.75) is 50.9 Å². The summed E-state index contributed by atoms with van der Waals surface area (Å²) in [6.07, 6.45) is 6.90. The molecule has 1 aliphatic carbocycles. The number of hydrogen-bond acceptors (Lipinski definition) is 6. The van der Waals surface area contributed by atoms with E-state index in [1.165, 1.54) is 29.9 Å². The zero-order valence-electron chi connectivity index (χ0n) is 14.7. The van der Waals surface area contributed by atoms with Crippen molar-refractivity contribution in [3.63, 3.8) is 0 Å². The molecular weight excluding hydrogens is 332 g/mol. The van der Waals surface area contributed by atoms with E-state index in [1.807, 2.05) is 25.1 Å². The van der Waals surface area contributed by atoms with Crippen molar-refractivity contribution < 1.29 is 14.3 Å². The molecule has 1 aromatic heterocycles. The molecule has 26 heavy (non-hydrogen) atoms. The molecule has 3 N–H and O–H groups in total. The first-order valence-corrected chi connectivity index (χ1v) is 8.93. The summed E-state index contributed by atoms with van der Waals surface area (Å²) in [7, 11) is 0. The van der Waals surface area contributed by atoms with Crippen LogP contribution in [0.2, 0.25) is 0 Å². The van der Waals surface area contributed by atoms with Gasteiger partial charge in [-0.15, -0.1) is 0 Å². The van der Waals surface area contributed by atoms with Crippen LogP contribution in [0.25, 0.3) is 0 Å². The van der Waals surface area contributed by atoms with Gasteiger partial charge in [-0.25, -0.2) is 9.97 Å². The third-order valence-electron chi connectivity index (χ3n) is 5.12. The molecule has 1 aliphatic heterocycles. The Balaban J connectivity index is 1.45. The van der Waals surface area contributed by atoms with E-state index in [9.17, 15) is 4.79 Å². The fourth-order valence-electron chi connectivity index (χ4n) is 3.33. The van der Waals surface area contributed by atoms with Gasteiger partial charge >= 0.3 is 6.01 Å². The number of ether oxygens (including phenoxy) is 2. The maximum atomic E-state index is 11.8. The number of benzene rings is 1. The summed E-state index contributed by atoms with van der Waals surface area (Å²) in [5.41, 5.74) is 8.52. The molecule has 4 rings (SSSR count). The van der Waals surface area contributed by atoms with E-state index >= 15 is 0 Å². The summed E-state index contributed by atoms with van der Waals surface area (Å²) >= 11 is 0. The molecule has 1 amide bonds. The third-order valence-corrected chi connectivity index (χ3v) is 5.12. The zero-order valence-corrected chi connectivity index (χ0v) is 14.7. The van der Waals surface area contributed by atoms with Crippen LogP contribution in [0.3, 0.4) is 0 Å². The lowest BCUT2D eigenvalue weighted by Crippen LogP contribution is -2.34. The summed E-state index contributed by atoms with van der Waals surface area (Å²) in [5.74, 6) is 0.430. The minimum absolute atomic E-state index is 0.109. The average Bonchev–Trinajstić information content (AvgIpc) is 3.02. The minimum atomic E-state index is -0.543. The average molecular weight is 354 g/mol. The van der Waals surface area contributed by atoms with Crippen LogP contribution in [0.5, 0.6) is 11.8 Å². The number of carbonyl (C=O) groups is 1. The molecule has 7 nitrogen and oxygen atoms in total. The van der Waals surface area contributed by atoms with Crippen molar-refractivity contribution in [3.8, 4) is 11.8 Å². The van der Waals surface area contributed by atoms with E-state index in [0.29, 0.717) is 24.5 Å². The van der Waals surface area contributed by atoms with Crippen molar-refractivity contribution in [2.75, 3.05) is 5.32 Å². The summed E-state index contributed by atoms with van der Waals surface area (Å²) < 4.78 is 11.8. The zero-order chi connectivity index (χ0) is 18.1. The molecule has 2 aromatic rings. The van der Waals surface area contributed by atoms with Crippen molar-refractivity contribution in [1.82, 2.24) is 9.97 Å². The SMILES string of the molecule is CC[C@@H](N)C(=O)Nc1cnc(Oc2ccc3c(c2)C2(CCC2)OC3)nc1. The van der Waals surface area contributed by atoms with Gasteiger partial charge in [0.1, 0.15) is 5.75 Å². The predicted molar refractivity (Wildman–Crippen MR) is 95.8 cm³/mol. The van der Waals surface area contributed by atoms with Gasteiger partial charge in [-0.05, 0) is 48.9 Å². The van der Waals surface area contributed by atoms with Crippen LogP contribution in [0.4, 0.5) is 5.69 Å². The minimum Gasteiger partial charge on any atom is -0.424 e. The Kier molecular flexibility index (Phi) is 4.34. The fourth-order valence-corrected chi connectivity index (χ4v) is 3.33. The Morgan fingerprint density at radius 3 is 2.81 bits per heavy atom. The van der Waals surface area contributed by atoms with Crippen LogP contribution in [0, 0.1) is 0 Å². The number of hydrogen-bond donors (Lipinski definition) is 2. The van der Waals surface area contributed by atoms with Gasteiger partial charge in [0, 0.05) is 0 Å². The molecular formula is C19H22N4O3. The topological polar surface area (TPSA) is 99.4 Å². The quantitative estimate of drug-likeness (QED) is 0.856. The van der Waals surface area contributed by atoms with Gasteiger partial charge in [0.05, 0.1) is 36.3 Å². The van der Waals surface area contributed by atoms with Crippen LogP contribution in [-0.4, -0.2) is 21.9 Å². The number of carbonyl (C=O) groups excluding carboxylic acids is 1. The molecule has 0 bridgehead atoms. The van der Waals surface area contributed by atoms with Crippen molar-refractivity contribution in [2.24, 2.45) is 5.73 Å². The number of amides is 1. The van der Waals surface area contributed by atoms with Gasteiger partial charge < -0.3 is 20.5 Å². The van der Waals surface area contributed by atoms with Crippen molar-refractivity contribution in [3.05, 3.63) is 41.7 Å². The van der Waals surface area contributed by atoms with Crippen molar-refractivity contribution in [1.29, 1.82) is 0 Å². The Morgan fingerprint density at radius 2 is 2.15 bits per heavy atom. The van der Waals surface area contributed by atoms with E-state index in [-0.39, 0.29) is 17.5 Å². The second-order valence-corrected chi connectivity index (χ2v) is 6.82. The van der Waals surface area contributed by atoms with Crippen LogP contribution in [0.1, 0.15) is 43.7 Å². The lowest BCUT2D eigenvalue weighted by molar-refractivity contribution is -0.117. The van der Waals surface area contributed by atoms with Gasteiger partial charge in [-0.2, -0.15) is 0 Å². The maximum Gasteiger partial charge on any atom is 0.322 e. The number of rotatable bonds is 5. The molecule has 1 saturated carbocycles. The number of nitrogens with two attached hydrogens (primary N) is 1. The van der Waals surface area contributed by atoms with E-state index in [2.05, 4.69) is 15.3 Å². The number of aromatic nitrogens is 2. The van der Waals surface area contributed by atoms with Gasteiger partial charge in [0.2, 0.25) is 5.91 Å². The molecule has 1 aromatic carbocycles. The highest BCUT2D eigenvalue weighted by Crippen LogP contribution is 2.51. The van der Waals surface area contributed by atoms with E-state index in [1.54, 1.807) is 0 Å². The molecule has 136 valence electrons. The first-order chi connectivity index (χ1) is 12.6. The second-order valence-electron chi connectivity index (χ2n) is 6.82. The second kappa shape index (κ2) is 6.66. The van der Waals surface area contributed by atoms with E-state index < -0.39 is 6.04 Å². The summed E-state index contributed by atoms with van der Waals surface area (Å²) in [4.78, 5) is 20.1. The molecule has 7 heteroatoms. The Morgan fingerprint density at radius 1 is 1.38 bits per heavy atom. The molecule has 0 unspecified atom stereocenters. The Hall–Kier alpha value is -2.51. The number of nitrogens with one attached hydrogen (secondary N) is 1. The molecule has 0 radical (unpaired) electrons. The van der Waals surface area contributed by atoms with E-state index in [0.717, 1.165) is 12.8 Å². The fraction of sp³-hybridized carbons (Fsp3) is 0.421. The van der Waals surface area contributed by atoms with Gasteiger partial charge in [0.25, 0.3) is 0 Å². The largest absolute Gasteiger partial charge is 0.424 e. The van der Waals surface area contributed by atoms with Gasteiger partial charge in [0.15, 0.2) is 0 Å². The summed E-state index contributed by atoms with van der Waals surface area (Å²) in [6, 6.07) is 5.65. The molecule has 1 spiro atoms. The van der Waals surface area contributed by atoms with Crippen molar-refractivity contribution >= 4 is 11.6 Å². The molecule has 0 saturated heterocycles. The summed E-state index contributed by atoms with van der Waals surface area (Å²) in [6.45, 7) is 2.52. The van der Waals surface area contributed by atoms with Gasteiger partial charge in [-0.1, -0.05) is 13.0 Å². The predicted octanol–water partition coefficient (Wildman–Crippen LogP) is 2.85. The Labute approximate surface area is 151 Å². The number of nitrogens with zero attached hydrogens (tertiary/aromatic N) is 2. The lowest BCUT2D eigenvalue weighted by Gasteiger charge is -2.38. The maximum absolute atomic E-state index is 11.8. The number of fused-ring (bicyclic) bond motifs is 2. The van der Waals surface area contributed by atoms with Crippen LogP contribution in [-0.2, 0) is 21.7 Å². The molecule has 1 fully saturated rings. The molecule has 2 heterocycles. The standard InChI is InChI=1S/C19H22N4O3/c1-2-16(20)17(24)23-13-9-21-18(22-10-13)26-14-5-4-12-11-25-19(6-3-7-19)15(12)8-14/h4-5,8-10,16H,2-3,6-7,11,20H2,1H3,(H,23,24)/t16-/m1/s1. The van der Waals surface area contributed by atoms with Gasteiger partial charge in [-0.3, -0.25) is 4.79 Å². The monoisotopic (exact) mass is 354 g/mol. The van der Waals surface area contributed by atoms with Crippen LogP contribution < -0.4 is 15.8 Å². The lowest BCUT2D eigenvalue weighted by atomic mass is 9.75. The first kappa shape index (κ1) is 16.9. The highest BCUT2D eigenvalue weighted by Gasteiger charge is 2.45. The highest BCUT2D eigenvalue weighted by molar-refractivity contribution is 5.94. The molecule has 2 aliphatic rings. The van der Waals surface area contributed by atoms with Crippen LogP contribution in [0.15, 0.2) is 30.6 Å². The first-order valence-electron chi connectivity index (χ1n) is 8.93. The van der Waals surface area contributed by atoms with Crippen LogP contribution >= 0.6 is 0 Å². The highest BCUT2D eigenvalue weighted by atomic mass is 16.5.